The van der Waals surface area contributed by atoms with Crippen molar-refractivity contribution in [2.75, 3.05) is 24.8 Å². The van der Waals surface area contributed by atoms with E-state index in [0.29, 0.717) is 23.5 Å². The zero-order valence-electron chi connectivity index (χ0n) is 11.9. The van der Waals surface area contributed by atoms with Crippen LogP contribution in [0.15, 0.2) is 42.5 Å². The fraction of sp³-hybridized carbons (Fsp3) is 0.188. The van der Waals surface area contributed by atoms with Gasteiger partial charge in [-0.05, 0) is 30.2 Å². The molecule has 5 N–H and O–H groups in total. The van der Waals surface area contributed by atoms with E-state index < -0.39 is 5.91 Å². The van der Waals surface area contributed by atoms with Crippen LogP contribution < -0.4 is 16.8 Å². The van der Waals surface area contributed by atoms with Crippen molar-refractivity contribution in [2.24, 2.45) is 5.73 Å². The summed E-state index contributed by atoms with van der Waals surface area (Å²) < 4.78 is 5.11. The molecule has 0 aromatic heterocycles. The molecule has 0 saturated carbocycles. The first kappa shape index (κ1) is 14.9. The van der Waals surface area contributed by atoms with Gasteiger partial charge in [-0.25, -0.2) is 0 Å². The number of hydrogen-bond donors (Lipinski definition) is 3. The molecule has 0 fully saturated rings. The number of methoxy groups -OCH3 is 1. The second-order valence-corrected chi connectivity index (χ2v) is 4.66. The van der Waals surface area contributed by atoms with Gasteiger partial charge in [0, 0.05) is 12.8 Å². The van der Waals surface area contributed by atoms with Crippen LogP contribution in [0.3, 0.4) is 0 Å². The van der Waals surface area contributed by atoms with Gasteiger partial charge in [-0.1, -0.05) is 24.3 Å². The number of carbonyl (C=O) groups excluding carboxylic acids is 1. The molecule has 2 aromatic carbocycles. The van der Waals surface area contributed by atoms with E-state index in [1.807, 2.05) is 30.3 Å². The SMILES string of the molecule is COCCc1ccccc1Nc1cccc(C(N)=O)c1N. The van der Waals surface area contributed by atoms with Crippen LogP contribution in [-0.2, 0) is 11.2 Å². The lowest BCUT2D eigenvalue weighted by molar-refractivity contribution is 0.100. The van der Waals surface area contributed by atoms with Gasteiger partial charge in [0.15, 0.2) is 0 Å². The van der Waals surface area contributed by atoms with Gasteiger partial charge in [-0.15, -0.1) is 0 Å². The molecule has 0 spiro atoms. The Bertz CT molecular complexity index is 641. The first-order valence-electron chi connectivity index (χ1n) is 6.65. The minimum atomic E-state index is -0.538. The van der Waals surface area contributed by atoms with Crippen LogP contribution in [0, 0.1) is 0 Å². The van der Waals surface area contributed by atoms with Gasteiger partial charge in [0.05, 0.1) is 23.5 Å². The summed E-state index contributed by atoms with van der Waals surface area (Å²) in [6, 6.07) is 13.1. The summed E-state index contributed by atoms with van der Waals surface area (Å²) in [7, 11) is 1.67. The van der Waals surface area contributed by atoms with E-state index in [9.17, 15) is 4.79 Å². The van der Waals surface area contributed by atoms with Gasteiger partial charge in [-0.2, -0.15) is 0 Å². The molecule has 2 rings (SSSR count). The van der Waals surface area contributed by atoms with Crippen LogP contribution >= 0.6 is 0 Å². The molecule has 5 heteroatoms. The Morgan fingerprint density at radius 3 is 2.57 bits per heavy atom. The van der Waals surface area contributed by atoms with Gasteiger partial charge in [0.1, 0.15) is 0 Å². The maximum atomic E-state index is 11.3. The highest BCUT2D eigenvalue weighted by Gasteiger charge is 2.10. The van der Waals surface area contributed by atoms with Crippen molar-refractivity contribution in [3.63, 3.8) is 0 Å². The number of nitrogen functional groups attached to an aromatic ring is 1. The Hall–Kier alpha value is -2.53. The van der Waals surface area contributed by atoms with Crippen molar-refractivity contribution in [1.82, 2.24) is 0 Å². The third kappa shape index (κ3) is 3.52. The Kier molecular flexibility index (Phi) is 4.79. The molecule has 21 heavy (non-hydrogen) atoms. The predicted molar refractivity (Wildman–Crippen MR) is 84.7 cm³/mol. The molecule has 110 valence electrons. The number of carbonyl (C=O) groups is 1. The molecule has 0 atom stereocenters. The minimum Gasteiger partial charge on any atom is -0.396 e. The number of primary amides is 1. The highest BCUT2D eigenvalue weighted by atomic mass is 16.5. The van der Waals surface area contributed by atoms with E-state index in [0.717, 1.165) is 17.7 Å². The van der Waals surface area contributed by atoms with Gasteiger partial charge in [-0.3, -0.25) is 4.79 Å². The van der Waals surface area contributed by atoms with Crippen molar-refractivity contribution in [1.29, 1.82) is 0 Å². The van der Waals surface area contributed by atoms with E-state index in [-0.39, 0.29) is 0 Å². The standard InChI is InChI=1S/C16H19N3O2/c1-21-10-9-11-5-2-3-7-13(11)19-14-8-4-6-12(15(14)17)16(18)20/h2-8,19H,9-10,17H2,1H3,(H2,18,20). The third-order valence-corrected chi connectivity index (χ3v) is 3.23. The monoisotopic (exact) mass is 285 g/mol. The molecule has 5 nitrogen and oxygen atoms in total. The zero-order valence-corrected chi connectivity index (χ0v) is 11.9. The molecule has 1 amide bonds. The summed E-state index contributed by atoms with van der Waals surface area (Å²) in [6.45, 7) is 0.634. The fourth-order valence-corrected chi connectivity index (χ4v) is 2.11. The number of para-hydroxylation sites is 2. The van der Waals surface area contributed by atoms with Crippen molar-refractivity contribution in [3.05, 3.63) is 53.6 Å². The topological polar surface area (TPSA) is 90.4 Å². The molecule has 2 aromatic rings. The maximum Gasteiger partial charge on any atom is 0.250 e. The summed E-state index contributed by atoms with van der Waals surface area (Å²) in [5.41, 5.74) is 14.7. The summed E-state index contributed by atoms with van der Waals surface area (Å²) in [4.78, 5) is 11.3. The summed E-state index contributed by atoms with van der Waals surface area (Å²) >= 11 is 0. The highest BCUT2D eigenvalue weighted by molar-refractivity contribution is 6.01. The number of anilines is 3. The van der Waals surface area contributed by atoms with Crippen LogP contribution in [-0.4, -0.2) is 19.6 Å². The third-order valence-electron chi connectivity index (χ3n) is 3.23. The highest BCUT2D eigenvalue weighted by Crippen LogP contribution is 2.28. The molecular weight excluding hydrogens is 266 g/mol. The first-order valence-corrected chi connectivity index (χ1v) is 6.65. The molecule has 0 heterocycles. The lowest BCUT2D eigenvalue weighted by Crippen LogP contribution is -2.14. The Labute approximate surface area is 123 Å². The number of nitrogens with one attached hydrogen (secondary N) is 1. The second-order valence-electron chi connectivity index (χ2n) is 4.66. The van der Waals surface area contributed by atoms with Crippen LogP contribution in [0.5, 0.6) is 0 Å². The van der Waals surface area contributed by atoms with Gasteiger partial charge in [0.2, 0.25) is 0 Å². The van der Waals surface area contributed by atoms with Crippen molar-refractivity contribution in [3.8, 4) is 0 Å². The molecule has 0 aliphatic carbocycles. The fourth-order valence-electron chi connectivity index (χ4n) is 2.11. The lowest BCUT2D eigenvalue weighted by atomic mass is 10.1. The lowest BCUT2D eigenvalue weighted by Gasteiger charge is -2.14. The van der Waals surface area contributed by atoms with E-state index in [1.54, 1.807) is 19.2 Å². The Morgan fingerprint density at radius 1 is 1.14 bits per heavy atom. The molecule has 0 bridgehead atoms. The van der Waals surface area contributed by atoms with Gasteiger partial charge >= 0.3 is 0 Å². The summed E-state index contributed by atoms with van der Waals surface area (Å²) in [5.74, 6) is -0.538. The molecule has 0 radical (unpaired) electrons. The smallest absolute Gasteiger partial charge is 0.250 e. The zero-order chi connectivity index (χ0) is 15.2. The number of ether oxygens (including phenoxy) is 1. The van der Waals surface area contributed by atoms with Crippen molar-refractivity contribution < 1.29 is 9.53 Å². The average Bonchev–Trinajstić information content (AvgIpc) is 2.48. The summed E-state index contributed by atoms with van der Waals surface area (Å²) in [5, 5.41) is 3.26. The molecular formula is C16H19N3O2. The largest absolute Gasteiger partial charge is 0.396 e. The van der Waals surface area contributed by atoms with Gasteiger partial charge < -0.3 is 21.5 Å². The van der Waals surface area contributed by atoms with Crippen LogP contribution in [0.25, 0.3) is 0 Å². The van der Waals surface area contributed by atoms with E-state index in [1.165, 1.54) is 0 Å². The minimum absolute atomic E-state index is 0.314. The first-order chi connectivity index (χ1) is 10.1. The number of benzene rings is 2. The van der Waals surface area contributed by atoms with Crippen LogP contribution in [0.2, 0.25) is 0 Å². The molecule has 0 aliphatic rings. The van der Waals surface area contributed by atoms with E-state index >= 15 is 0 Å². The predicted octanol–water partition coefficient (Wildman–Crippen LogP) is 2.30. The van der Waals surface area contributed by atoms with Gasteiger partial charge in [0.25, 0.3) is 5.91 Å². The molecule has 0 aliphatic heterocycles. The normalized spacial score (nSPS) is 10.3. The number of hydrogen-bond acceptors (Lipinski definition) is 4. The molecule has 0 saturated heterocycles. The van der Waals surface area contributed by atoms with Crippen molar-refractivity contribution in [2.45, 2.75) is 6.42 Å². The second kappa shape index (κ2) is 6.76. The van der Waals surface area contributed by atoms with Crippen LogP contribution in [0.1, 0.15) is 15.9 Å². The average molecular weight is 285 g/mol. The molecule has 0 unspecified atom stereocenters. The summed E-state index contributed by atoms with van der Waals surface area (Å²) in [6.07, 6.45) is 0.787. The number of rotatable bonds is 6. The van der Waals surface area contributed by atoms with E-state index in [4.69, 9.17) is 16.2 Å². The number of nitrogens with two attached hydrogens (primary N) is 2. The van der Waals surface area contributed by atoms with Crippen molar-refractivity contribution >= 4 is 23.0 Å². The van der Waals surface area contributed by atoms with E-state index in [2.05, 4.69) is 5.32 Å². The quantitative estimate of drug-likeness (QED) is 0.710. The van der Waals surface area contributed by atoms with Crippen LogP contribution in [0.4, 0.5) is 17.1 Å². The Balaban J connectivity index is 2.30. The Morgan fingerprint density at radius 2 is 1.86 bits per heavy atom. The maximum absolute atomic E-state index is 11.3. The number of amides is 1.